The van der Waals surface area contributed by atoms with Crippen LogP contribution in [0.4, 0.5) is 5.69 Å². The van der Waals surface area contributed by atoms with Gasteiger partial charge in [-0.1, -0.05) is 24.6 Å². The first-order valence-corrected chi connectivity index (χ1v) is 7.13. The predicted molar refractivity (Wildman–Crippen MR) is 80.6 cm³/mol. The van der Waals surface area contributed by atoms with E-state index in [9.17, 15) is 5.26 Å². The van der Waals surface area contributed by atoms with Crippen LogP contribution in [0.2, 0.25) is 0 Å². The van der Waals surface area contributed by atoms with E-state index in [4.69, 9.17) is 0 Å². The monoisotopic (exact) mass is 266 g/mol. The summed E-state index contributed by atoms with van der Waals surface area (Å²) >= 11 is 0. The van der Waals surface area contributed by atoms with E-state index in [1.165, 1.54) is 12.8 Å². The van der Waals surface area contributed by atoms with E-state index in [1.807, 2.05) is 24.3 Å². The Morgan fingerprint density at radius 3 is 3.10 bits per heavy atom. The van der Waals surface area contributed by atoms with Crippen LogP contribution < -0.4 is 10.6 Å². The van der Waals surface area contributed by atoms with E-state index < -0.39 is 0 Å². The Morgan fingerprint density at radius 2 is 2.20 bits per heavy atom. The van der Waals surface area contributed by atoms with Crippen molar-refractivity contribution in [2.24, 2.45) is 0 Å². The molecule has 1 fully saturated rings. The summed E-state index contributed by atoms with van der Waals surface area (Å²) in [6.45, 7) is 2.03. The Hall–Kier alpha value is -2.12. The first-order valence-electron chi connectivity index (χ1n) is 7.13. The molecule has 0 radical (unpaired) electrons. The third kappa shape index (κ3) is 2.59. The number of pyridine rings is 1. The second-order valence-corrected chi connectivity index (χ2v) is 5.22. The number of nitriles is 1. The van der Waals surface area contributed by atoms with Gasteiger partial charge in [-0.2, -0.15) is 5.26 Å². The van der Waals surface area contributed by atoms with E-state index >= 15 is 0 Å². The van der Waals surface area contributed by atoms with Gasteiger partial charge in [0, 0.05) is 24.2 Å². The van der Waals surface area contributed by atoms with E-state index in [1.54, 1.807) is 6.20 Å². The number of benzene rings is 1. The van der Waals surface area contributed by atoms with Gasteiger partial charge in [0.05, 0.1) is 16.8 Å². The minimum absolute atomic E-state index is 0.371. The van der Waals surface area contributed by atoms with E-state index in [0.717, 1.165) is 36.1 Å². The van der Waals surface area contributed by atoms with Crippen LogP contribution in [0.3, 0.4) is 0 Å². The quantitative estimate of drug-likeness (QED) is 0.877. The molecule has 0 saturated carbocycles. The molecule has 1 aromatic heterocycles. The molecule has 1 aliphatic heterocycles. The third-order valence-corrected chi connectivity index (χ3v) is 3.79. The van der Waals surface area contributed by atoms with E-state index in [0.29, 0.717) is 11.6 Å². The second-order valence-electron chi connectivity index (χ2n) is 5.22. The zero-order valence-corrected chi connectivity index (χ0v) is 11.4. The molecule has 4 nitrogen and oxygen atoms in total. The maximum atomic E-state index is 9.32. The summed E-state index contributed by atoms with van der Waals surface area (Å²) in [6, 6.07) is 10.6. The average Bonchev–Trinajstić information content (AvgIpc) is 2.76. The van der Waals surface area contributed by atoms with Crippen molar-refractivity contribution in [1.82, 2.24) is 10.3 Å². The largest absolute Gasteiger partial charge is 0.379 e. The number of para-hydroxylation sites is 1. The molecule has 1 aliphatic rings. The summed E-state index contributed by atoms with van der Waals surface area (Å²) in [5.74, 6) is 0. The van der Waals surface area contributed by atoms with Gasteiger partial charge in [0.15, 0.2) is 0 Å². The highest BCUT2D eigenvalue weighted by Crippen LogP contribution is 2.26. The van der Waals surface area contributed by atoms with Crippen LogP contribution in [0, 0.1) is 11.3 Å². The number of fused-ring (bicyclic) bond motifs is 1. The van der Waals surface area contributed by atoms with Crippen molar-refractivity contribution in [3.63, 3.8) is 0 Å². The van der Waals surface area contributed by atoms with Gasteiger partial charge in [0.25, 0.3) is 0 Å². The SMILES string of the molecule is N#Cc1cnc2ccccc2c1NC1CCCCNC1. The van der Waals surface area contributed by atoms with Gasteiger partial charge >= 0.3 is 0 Å². The molecule has 3 rings (SSSR count). The first-order chi connectivity index (χ1) is 9.88. The smallest absolute Gasteiger partial charge is 0.103 e. The highest BCUT2D eigenvalue weighted by Gasteiger charge is 2.15. The molecular weight excluding hydrogens is 248 g/mol. The number of aromatic nitrogens is 1. The lowest BCUT2D eigenvalue weighted by Crippen LogP contribution is -2.31. The van der Waals surface area contributed by atoms with Gasteiger partial charge < -0.3 is 10.6 Å². The van der Waals surface area contributed by atoms with Crippen LogP contribution >= 0.6 is 0 Å². The number of anilines is 1. The molecule has 0 amide bonds. The van der Waals surface area contributed by atoms with Gasteiger partial charge in [0.2, 0.25) is 0 Å². The second kappa shape index (κ2) is 5.89. The Balaban J connectivity index is 1.98. The van der Waals surface area contributed by atoms with Crippen LogP contribution in [0.1, 0.15) is 24.8 Å². The van der Waals surface area contributed by atoms with Crippen LogP contribution in [0.25, 0.3) is 10.9 Å². The van der Waals surface area contributed by atoms with Gasteiger partial charge in [-0.25, -0.2) is 0 Å². The van der Waals surface area contributed by atoms with Gasteiger partial charge in [-0.05, 0) is 25.5 Å². The van der Waals surface area contributed by atoms with Gasteiger partial charge in [0.1, 0.15) is 6.07 Å². The number of rotatable bonds is 2. The lowest BCUT2D eigenvalue weighted by Gasteiger charge is -2.20. The fraction of sp³-hybridized carbons (Fsp3) is 0.375. The van der Waals surface area contributed by atoms with Crippen molar-refractivity contribution in [3.8, 4) is 6.07 Å². The molecule has 0 spiro atoms. The summed E-state index contributed by atoms with van der Waals surface area (Å²) in [5, 5.41) is 17.3. The minimum Gasteiger partial charge on any atom is -0.379 e. The van der Waals surface area contributed by atoms with Crippen molar-refractivity contribution >= 4 is 16.6 Å². The van der Waals surface area contributed by atoms with Gasteiger partial charge in [-0.15, -0.1) is 0 Å². The molecule has 1 unspecified atom stereocenters. The van der Waals surface area contributed by atoms with Crippen LogP contribution in [-0.2, 0) is 0 Å². The zero-order valence-electron chi connectivity index (χ0n) is 11.4. The number of hydrogen-bond donors (Lipinski definition) is 2. The minimum atomic E-state index is 0.371. The summed E-state index contributed by atoms with van der Waals surface area (Å²) in [6.07, 6.45) is 5.24. The highest BCUT2D eigenvalue weighted by atomic mass is 15.0. The molecular formula is C16H18N4. The summed E-state index contributed by atoms with van der Waals surface area (Å²) in [4.78, 5) is 4.35. The van der Waals surface area contributed by atoms with Gasteiger partial charge in [-0.3, -0.25) is 4.98 Å². The summed E-state index contributed by atoms with van der Waals surface area (Å²) in [7, 11) is 0. The number of hydrogen-bond acceptors (Lipinski definition) is 4. The third-order valence-electron chi connectivity index (χ3n) is 3.79. The molecule has 1 aromatic carbocycles. The van der Waals surface area contributed by atoms with Crippen molar-refractivity contribution < 1.29 is 0 Å². The van der Waals surface area contributed by atoms with Crippen molar-refractivity contribution in [2.45, 2.75) is 25.3 Å². The van der Waals surface area contributed by atoms with Crippen LogP contribution in [-0.4, -0.2) is 24.1 Å². The standard InChI is InChI=1S/C16H18N4/c17-9-12-10-19-15-7-2-1-6-14(15)16(12)20-13-5-3-4-8-18-11-13/h1-2,6-7,10,13,18H,3-5,8,11H2,(H,19,20). The molecule has 2 N–H and O–H groups in total. The van der Waals surface area contributed by atoms with Crippen LogP contribution in [0.15, 0.2) is 30.5 Å². The first kappa shape index (κ1) is 12.9. The summed E-state index contributed by atoms with van der Waals surface area (Å²) in [5.41, 5.74) is 2.47. The number of nitrogens with zero attached hydrogens (tertiary/aromatic N) is 2. The molecule has 2 aromatic rings. The molecule has 1 atom stereocenters. The van der Waals surface area contributed by atoms with E-state index in [-0.39, 0.29) is 0 Å². The maximum Gasteiger partial charge on any atom is 0.103 e. The molecule has 0 aliphatic carbocycles. The van der Waals surface area contributed by atoms with Crippen molar-refractivity contribution in [3.05, 3.63) is 36.0 Å². The Morgan fingerprint density at radius 1 is 1.30 bits per heavy atom. The molecule has 1 saturated heterocycles. The van der Waals surface area contributed by atoms with Crippen LogP contribution in [0.5, 0.6) is 0 Å². The lowest BCUT2D eigenvalue weighted by atomic mass is 10.1. The summed E-state index contributed by atoms with van der Waals surface area (Å²) < 4.78 is 0. The fourth-order valence-corrected chi connectivity index (χ4v) is 2.73. The van der Waals surface area contributed by atoms with Crippen molar-refractivity contribution in [2.75, 3.05) is 18.4 Å². The number of nitrogens with one attached hydrogen (secondary N) is 2. The van der Waals surface area contributed by atoms with E-state index in [2.05, 4.69) is 21.7 Å². The Labute approximate surface area is 118 Å². The highest BCUT2D eigenvalue weighted by molar-refractivity contribution is 5.93. The molecule has 20 heavy (non-hydrogen) atoms. The normalized spacial score (nSPS) is 19.2. The zero-order chi connectivity index (χ0) is 13.8. The fourth-order valence-electron chi connectivity index (χ4n) is 2.73. The topological polar surface area (TPSA) is 60.7 Å². The Kier molecular flexibility index (Phi) is 3.80. The van der Waals surface area contributed by atoms with Crippen molar-refractivity contribution in [1.29, 1.82) is 5.26 Å². The average molecular weight is 266 g/mol. The molecule has 102 valence electrons. The lowest BCUT2D eigenvalue weighted by molar-refractivity contribution is 0.636. The maximum absolute atomic E-state index is 9.32. The molecule has 2 heterocycles. The molecule has 4 heteroatoms. The predicted octanol–water partition coefficient (Wildman–Crippen LogP) is 2.66. The Bertz CT molecular complexity index is 636. The molecule has 0 bridgehead atoms.